The normalized spacial score (nSPS) is 27.7. The Morgan fingerprint density at radius 1 is 1.36 bits per heavy atom. The number of carbonyl (C=O) groups excluding carboxylic acids is 1. The van der Waals surface area contributed by atoms with Crippen LogP contribution in [0.2, 0.25) is 0 Å². The van der Waals surface area contributed by atoms with Gasteiger partial charge in [-0.15, -0.1) is 0 Å². The number of hydrogen-bond donors (Lipinski definition) is 3. The average molecular weight is 347 g/mol. The van der Waals surface area contributed by atoms with Crippen molar-refractivity contribution in [2.75, 3.05) is 37.5 Å². The van der Waals surface area contributed by atoms with Crippen molar-refractivity contribution in [3.05, 3.63) is 24.3 Å². The number of nitrogens with one attached hydrogen (secondary N) is 3. The molecular formula is C19H29N3O3. The van der Waals surface area contributed by atoms with E-state index in [1.807, 2.05) is 18.2 Å². The van der Waals surface area contributed by atoms with Crippen molar-refractivity contribution in [2.45, 2.75) is 44.4 Å². The zero-order valence-corrected chi connectivity index (χ0v) is 15.1. The number of carbonyl (C=O) groups is 1. The van der Waals surface area contributed by atoms with Crippen LogP contribution in [-0.4, -0.2) is 51.0 Å². The van der Waals surface area contributed by atoms with Gasteiger partial charge in [0.15, 0.2) is 0 Å². The molecule has 0 bridgehead atoms. The Labute approximate surface area is 149 Å². The summed E-state index contributed by atoms with van der Waals surface area (Å²) in [5.41, 5.74) is 1.82. The molecular weight excluding hydrogens is 318 g/mol. The van der Waals surface area contributed by atoms with Gasteiger partial charge in [0, 0.05) is 37.1 Å². The number of ether oxygens (including phenoxy) is 2. The second-order valence-electron chi connectivity index (χ2n) is 6.93. The summed E-state index contributed by atoms with van der Waals surface area (Å²) in [4.78, 5) is 12.0. The number of hydrogen-bond acceptors (Lipinski definition) is 5. The summed E-state index contributed by atoms with van der Waals surface area (Å²) in [5.74, 6) is 0.439. The molecule has 25 heavy (non-hydrogen) atoms. The molecule has 1 aliphatic heterocycles. The van der Waals surface area contributed by atoms with Gasteiger partial charge in [0.2, 0.25) is 0 Å². The van der Waals surface area contributed by atoms with Crippen LogP contribution in [-0.2, 0) is 14.3 Å². The van der Waals surface area contributed by atoms with Gasteiger partial charge in [-0.25, -0.2) is 0 Å². The van der Waals surface area contributed by atoms with E-state index in [-0.39, 0.29) is 5.91 Å². The highest BCUT2D eigenvalue weighted by Gasteiger charge is 2.34. The van der Waals surface area contributed by atoms with Crippen LogP contribution in [0.4, 0.5) is 11.4 Å². The Morgan fingerprint density at radius 3 is 2.96 bits per heavy atom. The largest absolute Gasteiger partial charge is 0.382 e. The second kappa shape index (κ2) is 8.65. The van der Waals surface area contributed by atoms with Gasteiger partial charge in [0.05, 0.1) is 13.2 Å². The van der Waals surface area contributed by atoms with Gasteiger partial charge in [-0.3, -0.25) is 4.79 Å². The SMILES string of the molecule is COC(C)C(=O)Nc1cccc(NC2CCCC2C2COCCN2)c1. The minimum atomic E-state index is -0.465. The standard InChI is InChI=1S/C19H29N3O3/c1-13(24-2)19(23)22-15-6-3-5-14(11-15)21-17-8-4-7-16(17)18-12-25-10-9-20-18/h3,5-6,11,13,16-18,20-21H,4,7-10,12H2,1-2H3,(H,22,23). The van der Waals surface area contributed by atoms with Crippen LogP contribution in [0.1, 0.15) is 26.2 Å². The van der Waals surface area contributed by atoms with Gasteiger partial charge >= 0.3 is 0 Å². The average Bonchev–Trinajstić information content (AvgIpc) is 3.10. The van der Waals surface area contributed by atoms with Crippen LogP contribution in [0.5, 0.6) is 0 Å². The Hall–Kier alpha value is -1.63. The monoisotopic (exact) mass is 347 g/mol. The third-order valence-electron chi connectivity index (χ3n) is 5.24. The molecule has 3 rings (SSSR count). The Balaban J connectivity index is 1.62. The van der Waals surface area contributed by atoms with E-state index in [0.717, 1.165) is 31.1 Å². The van der Waals surface area contributed by atoms with Crippen LogP contribution >= 0.6 is 0 Å². The van der Waals surface area contributed by atoms with Crippen LogP contribution in [0.25, 0.3) is 0 Å². The summed E-state index contributed by atoms with van der Waals surface area (Å²) in [5, 5.41) is 10.2. The van der Waals surface area contributed by atoms with Crippen molar-refractivity contribution in [3.8, 4) is 0 Å². The van der Waals surface area contributed by atoms with Crippen molar-refractivity contribution >= 4 is 17.3 Å². The van der Waals surface area contributed by atoms with E-state index in [9.17, 15) is 4.79 Å². The first kappa shape index (κ1) is 18.2. The number of benzene rings is 1. The number of anilines is 2. The van der Waals surface area contributed by atoms with Gasteiger partial charge in [-0.2, -0.15) is 0 Å². The predicted octanol–water partition coefficient (Wildman–Crippen LogP) is 2.23. The van der Waals surface area contributed by atoms with Crippen LogP contribution in [0.15, 0.2) is 24.3 Å². The van der Waals surface area contributed by atoms with E-state index in [2.05, 4.69) is 22.0 Å². The summed E-state index contributed by atoms with van der Waals surface area (Å²) in [6, 6.07) is 8.76. The molecule has 6 heteroatoms. The van der Waals surface area contributed by atoms with Gasteiger partial charge < -0.3 is 25.4 Å². The summed E-state index contributed by atoms with van der Waals surface area (Å²) in [6.45, 7) is 4.28. The maximum atomic E-state index is 12.0. The van der Waals surface area contributed by atoms with Crippen molar-refractivity contribution < 1.29 is 14.3 Å². The van der Waals surface area contributed by atoms with Gasteiger partial charge in [0.25, 0.3) is 5.91 Å². The van der Waals surface area contributed by atoms with Crippen LogP contribution < -0.4 is 16.0 Å². The van der Waals surface area contributed by atoms with E-state index in [1.165, 1.54) is 26.4 Å². The van der Waals surface area contributed by atoms with Crippen LogP contribution in [0.3, 0.4) is 0 Å². The van der Waals surface area contributed by atoms with Crippen molar-refractivity contribution in [2.24, 2.45) is 5.92 Å². The predicted molar refractivity (Wildman–Crippen MR) is 98.9 cm³/mol. The zero-order valence-electron chi connectivity index (χ0n) is 15.1. The lowest BCUT2D eigenvalue weighted by molar-refractivity contribution is -0.124. The van der Waals surface area contributed by atoms with Gasteiger partial charge in [-0.1, -0.05) is 12.5 Å². The van der Waals surface area contributed by atoms with Crippen molar-refractivity contribution in [3.63, 3.8) is 0 Å². The fourth-order valence-electron chi connectivity index (χ4n) is 3.76. The highest BCUT2D eigenvalue weighted by molar-refractivity contribution is 5.94. The number of morpholine rings is 1. The Bertz CT molecular complexity index is 575. The molecule has 1 saturated carbocycles. The number of rotatable bonds is 6. The van der Waals surface area contributed by atoms with E-state index < -0.39 is 6.10 Å². The molecule has 1 aliphatic carbocycles. The molecule has 2 aliphatic rings. The lowest BCUT2D eigenvalue weighted by Gasteiger charge is -2.33. The van der Waals surface area contributed by atoms with Gasteiger partial charge in [0.1, 0.15) is 6.10 Å². The molecule has 2 fully saturated rings. The molecule has 1 aromatic rings. The van der Waals surface area contributed by atoms with Crippen molar-refractivity contribution in [1.82, 2.24) is 5.32 Å². The number of methoxy groups -OCH3 is 1. The second-order valence-corrected chi connectivity index (χ2v) is 6.93. The molecule has 1 saturated heterocycles. The molecule has 4 unspecified atom stereocenters. The van der Waals surface area contributed by atoms with E-state index >= 15 is 0 Å². The molecule has 0 radical (unpaired) electrons. The molecule has 4 atom stereocenters. The minimum absolute atomic E-state index is 0.137. The topological polar surface area (TPSA) is 71.6 Å². The Kier molecular flexibility index (Phi) is 6.29. The molecule has 3 N–H and O–H groups in total. The lowest BCUT2D eigenvalue weighted by atomic mass is 9.94. The van der Waals surface area contributed by atoms with E-state index in [1.54, 1.807) is 6.92 Å². The quantitative estimate of drug-likeness (QED) is 0.736. The molecule has 1 amide bonds. The lowest BCUT2D eigenvalue weighted by Crippen LogP contribution is -2.49. The molecule has 0 aromatic heterocycles. The maximum absolute atomic E-state index is 12.0. The smallest absolute Gasteiger partial charge is 0.253 e. The molecule has 1 aromatic carbocycles. The van der Waals surface area contributed by atoms with Gasteiger partial charge in [-0.05, 0) is 43.9 Å². The molecule has 0 spiro atoms. The fourth-order valence-corrected chi connectivity index (χ4v) is 3.76. The highest BCUT2D eigenvalue weighted by Crippen LogP contribution is 2.32. The van der Waals surface area contributed by atoms with E-state index in [0.29, 0.717) is 18.0 Å². The third kappa shape index (κ3) is 4.71. The summed E-state index contributed by atoms with van der Waals surface area (Å²) >= 11 is 0. The molecule has 138 valence electrons. The first-order valence-electron chi connectivity index (χ1n) is 9.19. The summed E-state index contributed by atoms with van der Waals surface area (Å²) in [7, 11) is 1.53. The zero-order chi connectivity index (χ0) is 17.6. The first-order chi connectivity index (χ1) is 12.2. The summed E-state index contributed by atoms with van der Waals surface area (Å²) in [6.07, 6.45) is 3.16. The molecule has 6 nitrogen and oxygen atoms in total. The van der Waals surface area contributed by atoms with Crippen molar-refractivity contribution in [1.29, 1.82) is 0 Å². The van der Waals surface area contributed by atoms with Crippen LogP contribution in [0, 0.1) is 5.92 Å². The fraction of sp³-hybridized carbons (Fsp3) is 0.632. The molecule has 1 heterocycles. The Morgan fingerprint density at radius 2 is 2.20 bits per heavy atom. The first-order valence-corrected chi connectivity index (χ1v) is 9.19. The summed E-state index contributed by atoms with van der Waals surface area (Å²) < 4.78 is 10.7. The minimum Gasteiger partial charge on any atom is -0.382 e. The highest BCUT2D eigenvalue weighted by atomic mass is 16.5. The maximum Gasteiger partial charge on any atom is 0.253 e. The number of amides is 1. The third-order valence-corrected chi connectivity index (χ3v) is 5.24. The van der Waals surface area contributed by atoms with E-state index in [4.69, 9.17) is 9.47 Å².